The van der Waals surface area contributed by atoms with Crippen molar-refractivity contribution in [3.05, 3.63) is 78.4 Å². The number of anilines is 1. The number of amides is 1. The zero-order chi connectivity index (χ0) is 17.2. The fourth-order valence-corrected chi connectivity index (χ4v) is 2.94. The van der Waals surface area contributed by atoms with Gasteiger partial charge in [0.15, 0.2) is 0 Å². The zero-order valence-electron chi connectivity index (χ0n) is 13.4. The first kappa shape index (κ1) is 15.3. The van der Waals surface area contributed by atoms with Crippen molar-refractivity contribution in [1.29, 1.82) is 0 Å². The maximum Gasteiger partial charge on any atom is 0.260 e. The molecule has 0 unspecified atom stereocenters. The topological polar surface area (TPSA) is 42.4 Å². The average molecular weight is 334 g/mol. The van der Waals surface area contributed by atoms with Gasteiger partial charge in [-0.2, -0.15) is 0 Å². The summed E-state index contributed by atoms with van der Waals surface area (Å²) in [7, 11) is 0. The van der Waals surface area contributed by atoms with Crippen molar-refractivity contribution in [2.45, 2.75) is 0 Å². The predicted octanol–water partition coefficient (Wildman–Crippen LogP) is 3.93. The summed E-state index contributed by atoms with van der Waals surface area (Å²) in [5.41, 5.74) is 2.14. The third-order valence-corrected chi connectivity index (χ3v) is 4.14. The van der Waals surface area contributed by atoms with Gasteiger partial charge in [-0.05, 0) is 24.3 Å². The normalized spacial score (nSPS) is 13.1. The number of nitrogens with zero attached hydrogens (tertiary/aromatic N) is 2. The molecule has 0 atom stereocenters. The number of hydrogen-bond acceptors (Lipinski definition) is 3. The molecule has 0 radical (unpaired) electrons. The minimum absolute atomic E-state index is 0.179. The molecule has 1 aliphatic rings. The summed E-state index contributed by atoms with van der Waals surface area (Å²) in [4.78, 5) is 18.8. The fourth-order valence-electron chi connectivity index (χ4n) is 2.94. The molecule has 1 aliphatic heterocycles. The van der Waals surface area contributed by atoms with Gasteiger partial charge in [-0.15, -0.1) is 0 Å². The Labute approximate surface area is 144 Å². The van der Waals surface area contributed by atoms with Gasteiger partial charge in [0.05, 0.1) is 17.8 Å². The van der Waals surface area contributed by atoms with E-state index in [0.29, 0.717) is 35.6 Å². The quantitative estimate of drug-likeness (QED) is 0.713. The maximum absolute atomic E-state index is 14.0. The summed E-state index contributed by atoms with van der Waals surface area (Å²) in [5, 5.41) is 0. The Kier molecular flexibility index (Phi) is 3.90. The molecule has 0 fully saturated rings. The first-order valence-electron chi connectivity index (χ1n) is 7.98. The second-order valence-electron chi connectivity index (χ2n) is 5.72. The van der Waals surface area contributed by atoms with Crippen LogP contribution in [-0.4, -0.2) is 24.0 Å². The van der Waals surface area contributed by atoms with Crippen LogP contribution in [0, 0.1) is 5.82 Å². The summed E-state index contributed by atoms with van der Waals surface area (Å²) in [6.07, 6.45) is 3.06. The van der Waals surface area contributed by atoms with Gasteiger partial charge in [0.2, 0.25) is 0 Å². The van der Waals surface area contributed by atoms with Gasteiger partial charge in [0.25, 0.3) is 5.91 Å². The lowest BCUT2D eigenvalue weighted by Gasteiger charge is -2.29. The van der Waals surface area contributed by atoms with Gasteiger partial charge in [-0.1, -0.05) is 30.3 Å². The van der Waals surface area contributed by atoms with Crippen molar-refractivity contribution >= 4 is 11.6 Å². The minimum atomic E-state index is -0.342. The highest BCUT2D eigenvalue weighted by molar-refractivity contribution is 6.07. The van der Waals surface area contributed by atoms with Crippen molar-refractivity contribution in [2.75, 3.05) is 18.1 Å². The van der Waals surface area contributed by atoms with Crippen molar-refractivity contribution < 1.29 is 13.9 Å². The fraction of sp³-hybridized carbons (Fsp3) is 0.100. The summed E-state index contributed by atoms with van der Waals surface area (Å²) < 4.78 is 19.6. The number of ether oxygens (including phenoxy) is 1. The second-order valence-corrected chi connectivity index (χ2v) is 5.72. The molecule has 124 valence electrons. The highest BCUT2D eigenvalue weighted by Crippen LogP contribution is 2.32. The van der Waals surface area contributed by atoms with Crippen molar-refractivity contribution in [2.24, 2.45) is 0 Å². The Morgan fingerprint density at radius 1 is 1.08 bits per heavy atom. The average Bonchev–Trinajstić information content (AvgIpc) is 2.67. The number of benzene rings is 2. The molecule has 0 N–H and O–H groups in total. The Morgan fingerprint density at radius 2 is 1.88 bits per heavy atom. The van der Waals surface area contributed by atoms with Crippen molar-refractivity contribution in [3.63, 3.8) is 0 Å². The van der Waals surface area contributed by atoms with Crippen LogP contribution in [0.5, 0.6) is 5.75 Å². The predicted molar refractivity (Wildman–Crippen MR) is 93.2 cm³/mol. The van der Waals surface area contributed by atoms with E-state index in [4.69, 9.17) is 4.74 Å². The Hall–Kier alpha value is -3.21. The molecular weight excluding hydrogens is 319 g/mol. The lowest BCUT2D eigenvalue weighted by molar-refractivity contribution is 0.0976. The third kappa shape index (κ3) is 2.85. The van der Waals surface area contributed by atoms with Crippen LogP contribution in [0.15, 0.2) is 67.0 Å². The molecule has 25 heavy (non-hydrogen) atoms. The van der Waals surface area contributed by atoms with Gasteiger partial charge >= 0.3 is 0 Å². The van der Waals surface area contributed by atoms with Gasteiger partial charge in [-0.25, -0.2) is 4.39 Å². The maximum atomic E-state index is 14.0. The summed E-state index contributed by atoms with van der Waals surface area (Å²) in [6, 6.07) is 15.5. The zero-order valence-corrected chi connectivity index (χ0v) is 13.4. The number of hydrogen-bond donors (Lipinski definition) is 0. The lowest BCUT2D eigenvalue weighted by Crippen LogP contribution is -2.38. The third-order valence-electron chi connectivity index (χ3n) is 4.14. The van der Waals surface area contributed by atoms with Crippen LogP contribution in [0.4, 0.5) is 10.1 Å². The molecule has 2 heterocycles. The van der Waals surface area contributed by atoms with Crippen LogP contribution in [0.1, 0.15) is 10.4 Å². The van der Waals surface area contributed by atoms with Crippen LogP contribution in [0.25, 0.3) is 11.1 Å². The van der Waals surface area contributed by atoms with Crippen LogP contribution in [-0.2, 0) is 0 Å². The number of carbonyl (C=O) groups excluding carboxylic acids is 1. The summed E-state index contributed by atoms with van der Waals surface area (Å²) >= 11 is 0. The van der Waals surface area contributed by atoms with Crippen LogP contribution in [0.2, 0.25) is 0 Å². The number of para-hydroxylation sites is 2. The van der Waals surface area contributed by atoms with Crippen LogP contribution in [0.3, 0.4) is 0 Å². The molecule has 0 spiro atoms. The van der Waals surface area contributed by atoms with E-state index in [1.165, 1.54) is 12.3 Å². The van der Waals surface area contributed by atoms with Gasteiger partial charge in [-0.3, -0.25) is 9.78 Å². The van der Waals surface area contributed by atoms with E-state index in [0.717, 1.165) is 5.69 Å². The lowest BCUT2D eigenvalue weighted by atomic mass is 10.0. The molecule has 1 amide bonds. The highest BCUT2D eigenvalue weighted by atomic mass is 19.1. The summed E-state index contributed by atoms with van der Waals surface area (Å²) in [6.45, 7) is 0.892. The van der Waals surface area contributed by atoms with Crippen LogP contribution < -0.4 is 9.64 Å². The molecule has 4 nitrogen and oxygen atoms in total. The first-order chi connectivity index (χ1) is 12.2. The molecule has 1 aromatic heterocycles. The van der Waals surface area contributed by atoms with Crippen LogP contribution >= 0.6 is 0 Å². The van der Waals surface area contributed by atoms with Crippen molar-refractivity contribution in [3.8, 4) is 16.9 Å². The molecule has 0 bridgehead atoms. The number of fused-ring (bicyclic) bond motifs is 1. The molecule has 2 aromatic carbocycles. The minimum Gasteiger partial charge on any atom is -0.490 e. The molecule has 4 rings (SSSR count). The first-order valence-corrected chi connectivity index (χ1v) is 7.98. The van der Waals surface area contributed by atoms with E-state index in [-0.39, 0.29) is 11.7 Å². The Bertz CT molecular complexity index is 942. The van der Waals surface area contributed by atoms with E-state index < -0.39 is 0 Å². The van der Waals surface area contributed by atoms with Gasteiger partial charge < -0.3 is 9.64 Å². The number of pyridine rings is 1. The van der Waals surface area contributed by atoms with E-state index >= 15 is 0 Å². The van der Waals surface area contributed by atoms with Crippen molar-refractivity contribution in [1.82, 2.24) is 4.98 Å². The molecular formula is C20H15FN2O2. The largest absolute Gasteiger partial charge is 0.490 e. The van der Waals surface area contributed by atoms with E-state index in [9.17, 15) is 9.18 Å². The van der Waals surface area contributed by atoms with E-state index in [2.05, 4.69) is 4.98 Å². The molecule has 0 aliphatic carbocycles. The van der Waals surface area contributed by atoms with Gasteiger partial charge in [0.1, 0.15) is 18.2 Å². The number of carbonyl (C=O) groups is 1. The monoisotopic (exact) mass is 334 g/mol. The van der Waals surface area contributed by atoms with Gasteiger partial charge in [0, 0.05) is 23.5 Å². The summed E-state index contributed by atoms with van der Waals surface area (Å²) in [5.74, 6) is 0.160. The van der Waals surface area contributed by atoms with E-state index in [1.807, 2.05) is 24.3 Å². The Balaban J connectivity index is 1.71. The smallest absolute Gasteiger partial charge is 0.260 e. The highest BCUT2D eigenvalue weighted by Gasteiger charge is 2.24. The molecule has 3 aromatic rings. The standard InChI is InChI=1S/C20H15FN2O2/c21-17-6-2-1-5-16(17)14-11-15(13-22-12-14)20(24)23-9-10-25-19-8-4-3-7-18(19)23/h1-8,11-13H,9-10H2. The Morgan fingerprint density at radius 3 is 2.76 bits per heavy atom. The SMILES string of the molecule is O=C(c1cncc(-c2ccccc2F)c1)N1CCOc2ccccc21. The molecule has 0 saturated heterocycles. The number of aromatic nitrogens is 1. The number of rotatable bonds is 2. The number of halogens is 1. The molecule has 5 heteroatoms. The second kappa shape index (κ2) is 6.36. The van der Waals surface area contributed by atoms with E-state index in [1.54, 1.807) is 35.4 Å². The molecule has 0 saturated carbocycles.